The molecule has 0 radical (unpaired) electrons. The Morgan fingerprint density at radius 1 is 1.30 bits per heavy atom. The number of hydrogen-bond donors (Lipinski definition) is 2. The first-order valence-electron chi connectivity index (χ1n) is 6.94. The number of nitrogens with zero attached hydrogens (tertiary/aromatic N) is 1. The van der Waals surface area contributed by atoms with Crippen molar-refractivity contribution >= 4 is 28.8 Å². The van der Waals surface area contributed by atoms with Crippen LogP contribution in [0.3, 0.4) is 0 Å². The van der Waals surface area contributed by atoms with Crippen LogP contribution in [0.4, 0.5) is 17.1 Å². The summed E-state index contributed by atoms with van der Waals surface area (Å²) in [6.45, 7) is 6.95. The molecule has 0 saturated heterocycles. The van der Waals surface area contributed by atoms with Crippen LogP contribution in [0, 0.1) is 10.1 Å². The highest BCUT2D eigenvalue weighted by Crippen LogP contribution is 2.25. The third kappa shape index (κ3) is 5.69. The molecule has 20 heavy (non-hydrogen) atoms. The minimum Gasteiger partial charge on any atom is -0.385 e. The average molecular weight is 297 g/mol. The fraction of sp³-hybridized carbons (Fsp3) is 0.571. The Hall–Kier alpha value is -1.43. The van der Waals surface area contributed by atoms with Gasteiger partial charge in [-0.1, -0.05) is 6.92 Å². The van der Waals surface area contributed by atoms with Gasteiger partial charge in [-0.2, -0.15) is 11.8 Å². The van der Waals surface area contributed by atoms with Crippen LogP contribution in [0.15, 0.2) is 18.2 Å². The molecule has 0 spiro atoms. The molecular formula is C14H23N3O2S. The zero-order chi connectivity index (χ0) is 15.0. The molecule has 0 aliphatic rings. The lowest BCUT2D eigenvalue weighted by atomic mass is 10.2. The largest absolute Gasteiger partial charge is 0.385 e. The Kier molecular flexibility index (Phi) is 7.22. The zero-order valence-corrected chi connectivity index (χ0v) is 13.1. The van der Waals surface area contributed by atoms with Gasteiger partial charge in [0.05, 0.1) is 4.92 Å². The van der Waals surface area contributed by atoms with E-state index in [9.17, 15) is 10.1 Å². The summed E-state index contributed by atoms with van der Waals surface area (Å²) in [5.41, 5.74) is 1.68. The Balaban J connectivity index is 2.74. The van der Waals surface area contributed by atoms with Crippen molar-refractivity contribution in [2.75, 3.05) is 28.7 Å². The third-order valence-corrected chi connectivity index (χ3v) is 3.75. The maximum atomic E-state index is 11.0. The summed E-state index contributed by atoms with van der Waals surface area (Å²) in [5.74, 6) is 2.22. The van der Waals surface area contributed by atoms with Crippen LogP contribution in [0.2, 0.25) is 0 Å². The van der Waals surface area contributed by atoms with E-state index in [4.69, 9.17) is 0 Å². The molecule has 1 atom stereocenters. The van der Waals surface area contributed by atoms with Crippen molar-refractivity contribution in [1.82, 2.24) is 0 Å². The number of rotatable bonds is 9. The first-order valence-corrected chi connectivity index (χ1v) is 8.09. The van der Waals surface area contributed by atoms with E-state index in [1.165, 1.54) is 0 Å². The van der Waals surface area contributed by atoms with Crippen LogP contribution in [0.1, 0.15) is 27.2 Å². The van der Waals surface area contributed by atoms with E-state index in [-0.39, 0.29) is 10.6 Å². The van der Waals surface area contributed by atoms with Crippen molar-refractivity contribution in [3.63, 3.8) is 0 Å². The highest BCUT2D eigenvalue weighted by molar-refractivity contribution is 7.99. The van der Waals surface area contributed by atoms with E-state index >= 15 is 0 Å². The van der Waals surface area contributed by atoms with Crippen molar-refractivity contribution in [1.29, 1.82) is 0 Å². The molecule has 0 heterocycles. The van der Waals surface area contributed by atoms with Gasteiger partial charge in [0.2, 0.25) is 0 Å². The van der Waals surface area contributed by atoms with E-state index in [2.05, 4.69) is 24.5 Å². The first-order chi connectivity index (χ1) is 9.56. The summed E-state index contributed by atoms with van der Waals surface area (Å²) in [6, 6.07) is 5.36. The predicted octanol–water partition coefficient (Wildman–Crippen LogP) is 3.97. The molecule has 0 aliphatic carbocycles. The number of anilines is 2. The van der Waals surface area contributed by atoms with Crippen LogP contribution in [0.5, 0.6) is 0 Å². The Bertz CT molecular complexity index is 440. The molecule has 1 unspecified atom stereocenters. The van der Waals surface area contributed by atoms with Crippen LogP contribution in [0.25, 0.3) is 0 Å². The van der Waals surface area contributed by atoms with Crippen LogP contribution in [-0.4, -0.2) is 29.0 Å². The van der Waals surface area contributed by atoms with Gasteiger partial charge in [-0.3, -0.25) is 10.1 Å². The molecule has 1 aromatic carbocycles. The molecule has 0 fully saturated rings. The first kappa shape index (κ1) is 16.6. The van der Waals surface area contributed by atoms with Gasteiger partial charge >= 0.3 is 0 Å². The summed E-state index contributed by atoms with van der Waals surface area (Å²) in [4.78, 5) is 10.6. The standard InChI is InChI=1S/C14H23N3O2S/c1-4-15-12-8-13(10-14(9-12)17(18)19)16-11(3)6-7-20-5-2/h8-11,15-16H,4-7H2,1-3H3. The summed E-state index contributed by atoms with van der Waals surface area (Å²) in [6.07, 6.45) is 1.04. The zero-order valence-electron chi connectivity index (χ0n) is 12.3. The van der Waals surface area contributed by atoms with Crippen molar-refractivity contribution in [2.24, 2.45) is 0 Å². The van der Waals surface area contributed by atoms with Crippen molar-refractivity contribution in [2.45, 2.75) is 33.2 Å². The number of nitro benzene ring substituents is 1. The molecule has 6 heteroatoms. The minimum atomic E-state index is -0.358. The molecule has 1 rings (SSSR count). The van der Waals surface area contributed by atoms with Gasteiger partial charge in [-0.15, -0.1) is 0 Å². The van der Waals surface area contributed by atoms with E-state index in [1.54, 1.807) is 12.1 Å². The van der Waals surface area contributed by atoms with E-state index < -0.39 is 0 Å². The lowest BCUT2D eigenvalue weighted by molar-refractivity contribution is -0.384. The number of benzene rings is 1. The Morgan fingerprint density at radius 3 is 2.60 bits per heavy atom. The molecule has 112 valence electrons. The third-order valence-electron chi connectivity index (χ3n) is 2.82. The Labute approximate surface area is 124 Å². The topological polar surface area (TPSA) is 67.2 Å². The van der Waals surface area contributed by atoms with Gasteiger partial charge in [-0.25, -0.2) is 0 Å². The smallest absolute Gasteiger partial charge is 0.273 e. The lowest BCUT2D eigenvalue weighted by Gasteiger charge is -2.16. The maximum Gasteiger partial charge on any atom is 0.273 e. The van der Waals surface area contributed by atoms with Gasteiger partial charge in [-0.05, 0) is 37.8 Å². The molecule has 0 amide bonds. The molecule has 0 aromatic heterocycles. The van der Waals surface area contributed by atoms with Crippen molar-refractivity contribution in [3.8, 4) is 0 Å². The van der Waals surface area contributed by atoms with E-state index in [1.807, 2.05) is 24.8 Å². The van der Waals surface area contributed by atoms with E-state index in [0.717, 1.165) is 35.8 Å². The number of thioether (sulfide) groups is 1. The summed E-state index contributed by atoms with van der Waals surface area (Å²) in [5, 5.41) is 17.4. The van der Waals surface area contributed by atoms with Crippen molar-refractivity contribution in [3.05, 3.63) is 28.3 Å². The normalized spacial score (nSPS) is 11.9. The quantitative estimate of drug-likeness (QED) is 0.410. The molecular weight excluding hydrogens is 274 g/mol. The molecule has 5 nitrogen and oxygen atoms in total. The monoisotopic (exact) mass is 297 g/mol. The number of non-ortho nitro benzene ring substituents is 1. The number of hydrogen-bond acceptors (Lipinski definition) is 5. The second-order valence-electron chi connectivity index (χ2n) is 4.59. The van der Waals surface area contributed by atoms with Gasteiger partial charge < -0.3 is 10.6 Å². The molecule has 2 N–H and O–H groups in total. The second kappa shape index (κ2) is 8.68. The summed E-state index contributed by atoms with van der Waals surface area (Å²) in [7, 11) is 0. The number of nitrogens with one attached hydrogen (secondary N) is 2. The fourth-order valence-electron chi connectivity index (χ4n) is 1.87. The lowest BCUT2D eigenvalue weighted by Crippen LogP contribution is -2.16. The second-order valence-corrected chi connectivity index (χ2v) is 5.98. The Morgan fingerprint density at radius 2 is 2.00 bits per heavy atom. The van der Waals surface area contributed by atoms with Gasteiger partial charge in [0, 0.05) is 36.1 Å². The highest BCUT2D eigenvalue weighted by atomic mass is 32.2. The number of nitro groups is 1. The fourth-order valence-corrected chi connectivity index (χ4v) is 2.68. The van der Waals surface area contributed by atoms with Gasteiger partial charge in [0.15, 0.2) is 0 Å². The van der Waals surface area contributed by atoms with Crippen molar-refractivity contribution < 1.29 is 4.92 Å². The summed E-state index contributed by atoms with van der Waals surface area (Å²) >= 11 is 1.91. The van der Waals surface area contributed by atoms with Gasteiger partial charge in [0.1, 0.15) is 0 Å². The van der Waals surface area contributed by atoms with E-state index in [0.29, 0.717) is 6.04 Å². The highest BCUT2D eigenvalue weighted by Gasteiger charge is 2.11. The van der Waals surface area contributed by atoms with Gasteiger partial charge in [0.25, 0.3) is 5.69 Å². The minimum absolute atomic E-state index is 0.112. The average Bonchev–Trinajstić information content (AvgIpc) is 2.39. The van der Waals surface area contributed by atoms with Crippen LogP contribution < -0.4 is 10.6 Å². The van der Waals surface area contributed by atoms with Crippen LogP contribution in [-0.2, 0) is 0 Å². The predicted molar refractivity (Wildman–Crippen MR) is 88.0 cm³/mol. The maximum absolute atomic E-state index is 11.0. The molecule has 0 saturated carbocycles. The SMILES string of the molecule is CCNc1cc(NC(C)CCSCC)cc([N+](=O)[O-])c1. The molecule has 1 aromatic rings. The summed E-state index contributed by atoms with van der Waals surface area (Å²) < 4.78 is 0. The molecule has 0 bridgehead atoms. The molecule has 0 aliphatic heterocycles. The van der Waals surface area contributed by atoms with Crippen LogP contribution >= 0.6 is 11.8 Å².